The lowest BCUT2D eigenvalue weighted by atomic mass is 9.64. The van der Waals surface area contributed by atoms with Crippen molar-refractivity contribution in [3.63, 3.8) is 0 Å². The summed E-state index contributed by atoms with van der Waals surface area (Å²) in [6.45, 7) is 0. The summed E-state index contributed by atoms with van der Waals surface area (Å²) in [5, 5.41) is 9.12. The van der Waals surface area contributed by atoms with Gasteiger partial charge in [-0.2, -0.15) is 5.26 Å². The minimum absolute atomic E-state index is 0.185. The normalized spacial score (nSPS) is 20.6. The van der Waals surface area contributed by atoms with Gasteiger partial charge < -0.3 is 5.73 Å². The summed E-state index contributed by atoms with van der Waals surface area (Å²) in [4.78, 5) is 4.02. The molecule has 3 nitrogen and oxygen atoms in total. The molecule has 2 N–H and O–H groups in total. The molecule has 0 radical (unpaired) electrons. The molecule has 1 aliphatic rings. The van der Waals surface area contributed by atoms with Crippen LogP contribution in [0.15, 0.2) is 24.5 Å². The zero-order valence-electron chi connectivity index (χ0n) is 7.98. The van der Waals surface area contributed by atoms with Crippen LogP contribution in [0, 0.1) is 16.7 Å². The van der Waals surface area contributed by atoms with Gasteiger partial charge in [0.15, 0.2) is 0 Å². The van der Waals surface area contributed by atoms with E-state index in [1.165, 1.54) is 0 Å². The Morgan fingerprint density at radius 3 is 2.79 bits per heavy atom. The number of nitriles is 1. The van der Waals surface area contributed by atoms with Crippen LogP contribution in [-0.4, -0.2) is 4.98 Å². The molecular weight excluding hydrogens is 174 g/mol. The van der Waals surface area contributed by atoms with E-state index in [1.54, 1.807) is 12.4 Å². The van der Waals surface area contributed by atoms with Crippen LogP contribution in [0.1, 0.15) is 30.9 Å². The first-order valence-corrected chi connectivity index (χ1v) is 4.85. The van der Waals surface area contributed by atoms with Crippen molar-refractivity contribution in [3.8, 4) is 6.07 Å². The van der Waals surface area contributed by atoms with E-state index in [0.717, 1.165) is 24.8 Å². The highest BCUT2D eigenvalue weighted by Gasteiger charge is 2.43. The van der Waals surface area contributed by atoms with Crippen molar-refractivity contribution >= 4 is 0 Å². The minimum Gasteiger partial charge on any atom is -0.323 e. The smallest absolute Gasteiger partial charge is 0.0766 e. The Bertz CT molecular complexity index is 349. The van der Waals surface area contributed by atoms with E-state index >= 15 is 0 Å². The number of pyridine rings is 1. The molecule has 1 unspecified atom stereocenters. The second-order valence-electron chi connectivity index (χ2n) is 3.89. The lowest BCUT2D eigenvalue weighted by molar-refractivity contribution is 0.169. The number of rotatable bonds is 2. The molecule has 0 aliphatic heterocycles. The summed E-state index contributed by atoms with van der Waals surface area (Å²) in [6, 6.07) is 5.97. The molecule has 1 heterocycles. The number of nitrogens with zero attached hydrogens (tertiary/aromatic N) is 2. The molecule has 72 valence electrons. The van der Waals surface area contributed by atoms with E-state index in [0.29, 0.717) is 0 Å². The molecule has 0 aromatic carbocycles. The minimum atomic E-state index is -0.330. The van der Waals surface area contributed by atoms with Crippen LogP contribution < -0.4 is 5.73 Å². The third-order valence-electron chi connectivity index (χ3n) is 3.11. The van der Waals surface area contributed by atoms with Crippen molar-refractivity contribution in [2.75, 3.05) is 0 Å². The first kappa shape index (κ1) is 9.17. The van der Waals surface area contributed by atoms with Gasteiger partial charge in [0.05, 0.1) is 11.5 Å². The molecule has 1 aliphatic carbocycles. The number of hydrogen-bond acceptors (Lipinski definition) is 3. The fraction of sp³-hybridized carbons (Fsp3) is 0.455. The lowest BCUT2D eigenvalue weighted by Gasteiger charge is -2.40. The van der Waals surface area contributed by atoms with E-state index in [1.807, 2.05) is 12.1 Å². The third kappa shape index (κ3) is 1.28. The SMILES string of the molecule is N#CC1(C(N)c2cccnc2)CCC1. The zero-order valence-corrected chi connectivity index (χ0v) is 7.98. The maximum atomic E-state index is 9.12. The molecule has 14 heavy (non-hydrogen) atoms. The fourth-order valence-corrected chi connectivity index (χ4v) is 1.93. The van der Waals surface area contributed by atoms with Gasteiger partial charge in [0, 0.05) is 18.4 Å². The molecule has 1 aromatic rings. The molecule has 1 aromatic heterocycles. The molecule has 0 saturated heterocycles. The first-order valence-electron chi connectivity index (χ1n) is 4.85. The van der Waals surface area contributed by atoms with Crippen molar-refractivity contribution in [3.05, 3.63) is 30.1 Å². The van der Waals surface area contributed by atoms with Gasteiger partial charge in [-0.3, -0.25) is 4.98 Å². The lowest BCUT2D eigenvalue weighted by Crippen LogP contribution is -2.39. The molecule has 1 atom stereocenters. The van der Waals surface area contributed by atoms with Gasteiger partial charge in [-0.25, -0.2) is 0 Å². The summed E-state index contributed by atoms with van der Waals surface area (Å²) in [7, 11) is 0. The van der Waals surface area contributed by atoms with Crippen molar-refractivity contribution in [2.45, 2.75) is 25.3 Å². The molecule has 3 heteroatoms. The van der Waals surface area contributed by atoms with Gasteiger partial charge in [0.2, 0.25) is 0 Å². The summed E-state index contributed by atoms with van der Waals surface area (Å²) < 4.78 is 0. The average Bonchev–Trinajstić information content (AvgIpc) is 2.18. The summed E-state index contributed by atoms with van der Waals surface area (Å²) in [6.07, 6.45) is 6.42. The van der Waals surface area contributed by atoms with Crippen molar-refractivity contribution in [1.82, 2.24) is 4.98 Å². The monoisotopic (exact) mass is 187 g/mol. The maximum absolute atomic E-state index is 9.12. The Hall–Kier alpha value is -1.40. The largest absolute Gasteiger partial charge is 0.323 e. The Balaban J connectivity index is 2.24. The van der Waals surface area contributed by atoms with Crippen LogP contribution >= 0.6 is 0 Å². The van der Waals surface area contributed by atoms with Crippen LogP contribution in [0.25, 0.3) is 0 Å². The Morgan fingerprint density at radius 2 is 2.36 bits per heavy atom. The highest BCUT2D eigenvalue weighted by atomic mass is 14.7. The van der Waals surface area contributed by atoms with Gasteiger partial charge in [0.25, 0.3) is 0 Å². The fourth-order valence-electron chi connectivity index (χ4n) is 1.93. The summed E-state index contributed by atoms with van der Waals surface area (Å²) in [5.41, 5.74) is 6.72. The highest BCUT2D eigenvalue weighted by molar-refractivity contribution is 5.23. The Kier molecular flexibility index (Phi) is 2.22. The summed E-state index contributed by atoms with van der Waals surface area (Å²) >= 11 is 0. The number of aromatic nitrogens is 1. The van der Waals surface area contributed by atoms with E-state index in [4.69, 9.17) is 11.0 Å². The number of nitrogens with two attached hydrogens (primary N) is 1. The van der Waals surface area contributed by atoms with Gasteiger partial charge in [-0.1, -0.05) is 12.5 Å². The van der Waals surface area contributed by atoms with E-state index in [2.05, 4.69) is 11.1 Å². The van der Waals surface area contributed by atoms with Crippen LogP contribution in [0.3, 0.4) is 0 Å². The van der Waals surface area contributed by atoms with E-state index in [-0.39, 0.29) is 11.5 Å². The molecule has 1 saturated carbocycles. The van der Waals surface area contributed by atoms with E-state index in [9.17, 15) is 0 Å². The van der Waals surface area contributed by atoms with Gasteiger partial charge in [-0.15, -0.1) is 0 Å². The zero-order chi connectivity index (χ0) is 10.0. The van der Waals surface area contributed by atoms with Crippen molar-refractivity contribution in [2.24, 2.45) is 11.1 Å². The predicted octanol–water partition coefficient (Wildman–Crippen LogP) is 1.78. The highest BCUT2D eigenvalue weighted by Crippen LogP contribution is 2.48. The maximum Gasteiger partial charge on any atom is 0.0766 e. The van der Waals surface area contributed by atoms with Crippen LogP contribution in [0.4, 0.5) is 0 Å². The Morgan fingerprint density at radius 1 is 1.57 bits per heavy atom. The molecular formula is C11H13N3. The van der Waals surface area contributed by atoms with E-state index < -0.39 is 0 Å². The van der Waals surface area contributed by atoms with Crippen molar-refractivity contribution < 1.29 is 0 Å². The Labute approximate surface area is 83.6 Å². The van der Waals surface area contributed by atoms with Crippen LogP contribution in [0.5, 0.6) is 0 Å². The molecule has 0 amide bonds. The molecule has 0 bridgehead atoms. The van der Waals surface area contributed by atoms with Gasteiger partial charge >= 0.3 is 0 Å². The average molecular weight is 187 g/mol. The van der Waals surface area contributed by atoms with Gasteiger partial charge in [-0.05, 0) is 24.5 Å². The standard InChI is InChI=1S/C11H13N3/c12-8-11(4-2-5-11)10(13)9-3-1-6-14-7-9/h1,3,6-7,10H,2,4-5,13H2. The molecule has 0 spiro atoms. The van der Waals surface area contributed by atoms with Crippen molar-refractivity contribution in [1.29, 1.82) is 5.26 Å². The third-order valence-corrected chi connectivity index (χ3v) is 3.11. The summed E-state index contributed by atoms with van der Waals surface area (Å²) in [5.74, 6) is 0. The van der Waals surface area contributed by atoms with Gasteiger partial charge in [0.1, 0.15) is 0 Å². The first-order chi connectivity index (χ1) is 6.78. The quantitative estimate of drug-likeness (QED) is 0.767. The molecule has 2 rings (SSSR count). The topological polar surface area (TPSA) is 62.7 Å². The molecule has 1 fully saturated rings. The second kappa shape index (κ2) is 3.39. The number of hydrogen-bond donors (Lipinski definition) is 1. The predicted molar refractivity (Wildman–Crippen MR) is 53.1 cm³/mol. The van der Waals surface area contributed by atoms with Crippen LogP contribution in [0.2, 0.25) is 0 Å². The second-order valence-corrected chi connectivity index (χ2v) is 3.89. The van der Waals surface area contributed by atoms with Crippen LogP contribution in [-0.2, 0) is 0 Å².